The minimum Gasteiger partial charge on any atom is -0.309 e. The van der Waals surface area contributed by atoms with Gasteiger partial charge in [0.15, 0.2) is 0 Å². The molecule has 0 aliphatic rings. The van der Waals surface area contributed by atoms with Crippen molar-refractivity contribution in [2.45, 2.75) is 0 Å². The molecular formula is C48H29N. The van der Waals surface area contributed by atoms with E-state index in [1.807, 2.05) is 0 Å². The van der Waals surface area contributed by atoms with Crippen LogP contribution in [0.4, 0.5) is 0 Å². The SMILES string of the molecule is c1ccc(-n2c3ccccc3c3c4ccccc4c(-c4ccc5c(c4)c4ccccc4c4c6ccccc6c6ccccc6c54)cc32)cc1. The van der Waals surface area contributed by atoms with E-state index in [0.29, 0.717) is 0 Å². The van der Waals surface area contributed by atoms with E-state index in [1.165, 1.54) is 103 Å². The Kier molecular flexibility index (Phi) is 5.45. The Morgan fingerprint density at radius 2 is 0.714 bits per heavy atom. The Balaban J connectivity index is 1.30. The summed E-state index contributed by atoms with van der Waals surface area (Å²) in [5.41, 5.74) is 6.09. The van der Waals surface area contributed by atoms with Crippen LogP contribution in [0, 0.1) is 0 Å². The molecular weight excluding hydrogens is 591 g/mol. The van der Waals surface area contributed by atoms with Crippen molar-refractivity contribution in [2.75, 3.05) is 0 Å². The van der Waals surface area contributed by atoms with Crippen LogP contribution in [-0.2, 0) is 0 Å². The van der Waals surface area contributed by atoms with Gasteiger partial charge < -0.3 is 4.57 Å². The summed E-state index contributed by atoms with van der Waals surface area (Å²) in [6.07, 6.45) is 0. The monoisotopic (exact) mass is 619 g/mol. The summed E-state index contributed by atoms with van der Waals surface area (Å²) in [5.74, 6) is 0. The van der Waals surface area contributed by atoms with Crippen molar-refractivity contribution in [3.05, 3.63) is 176 Å². The van der Waals surface area contributed by atoms with E-state index in [1.54, 1.807) is 0 Å². The molecule has 0 aliphatic carbocycles. The predicted molar refractivity (Wildman–Crippen MR) is 211 cm³/mol. The number of hydrogen-bond donors (Lipinski definition) is 0. The third-order valence-electron chi connectivity index (χ3n) is 10.7. The van der Waals surface area contributed by atoms with Crippen molar-refractivity contribution < 1.29 is 0 Å². The first-order valence-corrected chi connectivity index (χ1v) is 17.0. The van der Waals surface area contributed by atoms with Crippen LogP contribution in [0.25, 0.3) is 103 Å². The highest BCUT2D eigenvalue weighted by molar-refractivity contribution is 6.39. The standard InChI is InChI=1S/C48H29N/c1-2-14-31(15-3-1)49-44-25-13-12-24-41(44)46-36-20-8-6-18-34(36)42(29-45(46)49)30-26-27-40-43(28-30)35-19-7-11-23-39(35)47-37-21-9-4-16-32(37)33-17-5-10-22-38(33)48(40)47/h1-29H. The van der Waals surface area contributed by atoms with E-state index in [0.717, 1.165) is 0 Å². The zero-order valence-electron chi connectivity index (χ0n) is 26.7. The van der Waals surface area contributed by atoms with Gasteiger partial charge in [0.05, 0.1) is 11.0 Å². The summed E-state index contributed by atoms with van der Waals surface area (Å²) in [6.45, 7) is 0. The fourth-order valence-corrected chi connectivity index (χ4v) is 8.71. The van der Waals surface area contributed by atoms with Crippen LogP contribution in [0.3, 0.4) is 0 Å². The van der Waals surface area contributed by atoms with E-state index in [2.05, 4.69) is 180 Å². The number of aromatic nitrogens is 1. The molecule has 1 heteroatoms. The molecule has 11 aromatic rings. The highest BCUT2D eigenvalue weighted by Crippen LogP contribution is 2.46. The summed E-state index contributed by atoms with van der Waals surface area (Å²) >= 11 is 0. The molecule has 1 aromatic heterocycles. The maximum Gasteiger partial charge on any atom is 0.0553 e. The summed E-state index contributed by atoms with van der Waals surface area (Å²) in [5, 5.41) is 18.2. The minimum atomic E-state index is 1.17. The van der Waals surface area contributed by atoms with Gasteiger partial charge in [0, 0.05) is 16.5 Å². The van der Waals surface area contributed by atoms with Crippen molar-refractivity contribution in [2.24, 2.45) is 0 Å². The Hall–Kier alpha value is -6.44. The molecule has 10 aromatic carbocycles. The lowest BCUT2D eigenvalue weighted by Crippen LogP contribution is -1.94. The molecule has 11 rings (SSSR count). The maximum absolute atomic E-state index is 2.45. The highest BCUT2D eigenvalue weighted by Gasteiger charge is 2.20. The molecule has 0 amide bonds. The van der Waals surface area contributed by atoms with E-state index in [4.69, 9.17) is 0 Å². The van der Waals surface area contributed by atoms with Crippen molar-refractivity contribution in [1.82, 2.24) is 4.57 Å². The third kappa shape index (κ3) is 3.65. The molecule has 226 valence electrons. The van der Waals surface area contributed by atoms with Crippen LogP contribution in [-0.4, -0.2) is 4.57 Å². The van der Waals surface area contributed by atoms with E-state index in [9.17, 15) is 0 Å². The Morgan fingerprint density at radius 3 is 1.33 bits per heavy atom. The largest absolute Gasteiger partial charge is 0.309 e. The van der Waals surface area contributed by atoms with E-state index in [-0.39, 0.29) is 0 Å². The molecule has 0 spiro atoms. The molecule has 0 N–H and O–H groups in total. The number of nitrogens with zero attached hydrogens (tertiary/aromatic N) is 1. The number of benzene rings is 10. The molecule has 0 radical (unpaired) electrons. The molecule has 49 heavy (non-hydrogen) atoms. The second kappa shape index (κ2) is 10.0. The average Bonchev–Trinajstić information content (AvgIpc) is 3.52. The molecule has 0 atom stereocenters. The van der Waals surface area contributed by atoms with Gasteiger partial charge in [0.2, 0.25) is 0 Å². The number of para-hydroxylation sites is 2. The smallest absolute Gasteiger partial charge is 0.0553 e. The van der Waals surface area contributed by atoms with E-state index >= 15 is 0 Å². The van der Waals surface area contributed by atoms with E-state index < -0.39 is 0 Å². The second-order valence-corrected chi connectivity index (χ2v) is 13.2. The summed E-state index contributed by atoms with van der Waals surface area (Å²) in [4.78, 5) is 0. The lowest BCUT2D eigenvalue weighted by molar-refractivity contribution is 1.18. The average molecular weight is 620 g/mol. The summed E-state index contributed by atoms with van der Waals surface area (Å²) in [6, 6.07) is 65.0. The Labute approximate surface area is 282 Å². The van der Waals surface area contributed by atoms with Crippen LogP contribution < -0.4 is 0 Å². The first-order chi connectivity index (χ1) is 24.3. The van der Waals surface area contributed by atoms with Gasteiger partial charge >= 0.3 is 0 Å². The molecule has 0 fully saturated rings. The maximum atomic E-state index is 2.45. The van der Waals surface area contributed by atoms with Gasteiger partial charge in [-0.1, -0.05) is 146 Å². The fourth-order valence-electron chi connectivity index (χ4n) is 8.71. The van der Waals surface area contributed by atoms with Gasteiger partial charge in [-0.05, 0) is 106 Å². The van der Waals surface area contributed by atoms with Gasteiger partial charge in [0.1, 0.15) is 0 Å². The Bertz CT molecular complexity index is 3150. The number of fused-ring (bicyclic) bond motifs is 16. The van der Waals surface area contributed by atoms with Gasteiger partial charge in [-0.3, -0.25) is 0 Å². The van der Waals surface area contributed by atoms with Crippen LogP contribution in [0.15, 0.2) is 176 Å². The first-order valence-electron chi connectivity index (χ1n) is 17.0. The minimum absolute atomic E-state index is 1.17. The third-order valence-corrected chi connectivity index (χ3v) is 10.7. The first kappa shape index (κ1) is 26.6. The molecule has 0 aliphatic heterocycles. The second-order valence-electron chi connectivity index (χ2n) is 13.2. The summed E-state index contributed by atoms with van der Waals surface area (Å²) < 4.78 is 2.43. The van der Waals surface area contributed by atoms with Gasteiger partial charge in [-0.15, -0.1) is 0 Å². The van der Waals surface area contributed by atoms with Crippen molar-refractivity contribution >= 4 is 86.4 Å². The topological polar surface area (TPSA) is 4.93 Å². The molecule has 0 unspecified atom stereocenters. The van der Waals surface area contributed by atoms with Crippen LogP contribution in [0.5, 0.6) is 0 Å². The fraction of sp³-hybridized carbons (Fsp3) is 0. The number of hydrogen-bond acceptors (Lipinski definition) is 0. The lowest BCUT2D eigenvalue weighted by Gasteiger charge is -2.17. The van der Waals surface area contributed by atoms with Gasteiger partial charge in [-0.25, -0.2) is 0 Å². The van der Waals surface area contributed by atoms with Crippen molar-refractivity contribution in [3.63, 3.8) is 0 Å². The van der Waals surface area contributed by atoms with Crippen LogP contribution in [0.2, 0.25) is 0 Å². The predicted octanol–water partition coefficient (Wildman–Crippen LogP) is 13.4. The van der Waals surface area contributed by atoms with Gasteiger partial charge in [-0.2, -0.15) is 0 Å². The Morgan fingerprint density at radius 1 is 0.265 bits per heavy atom. The van der Waals surface area contributed by atoms with Crippen LogP contribution >= 0.6 is 0 Å². The molecule has 1 heterocycles. The highest BCUT2D eigenvalue weighted by atomic mass is 15.0. The zero-order chi connectivity index (χ0) is 32.1. The van der Waals surface area contributed by atoms with Crippen molar-refractivity contribution in [1.29, 1.82) is 0 Å². The van der Waals surface area contributed by atoms with Crippen molar-refractivity contribution in [3.8, 4) is 16.8 Å². The molecule has 0 saturated carbocycles. The lowest BCUT2D eigenvalue weighted by atomic mass is 9.86. The van der Waals surface area contributed by atoms with Crippen LogP contribution in [0.1, 0.15) is 0 Å². The summed E-state index contributed by atoms with van der Waals surface area (Å²) in [7, 11) is 0. The molecule has 0 saturated heterocycles. The molecule has 0 bridgehead atoms. The zero-order valence-corrected chi connectivity index (χ0v) is 26.7. The van der Waals surface area contributed by atoms with Gasteiger partial charge in [0.25, 0.3) is 0 Å². The quantitative estimate of drug-likeness (QED) is 0.170. The number of rotatable bonds is 2. The molecule has 1 nitrogen and oxygen atoms in total. The normalized spacial score (nSPS) is 12.1.